The van der Waals surface area contributed by atoms with Crippen molar-refractivity contribution in [1.29, 1.82) is 0 Å². The first-order valence-corrected chi connectivity index (χ1v) is 9.47. The molecule has 8 nitrogen and oxygen atoms in total. The molecule has 0 bridgehead atoms. The average Bonchev–Trinajstić information content (AvgIpc) is 2.66. The molecule has 0 N–H and O–H groups in total. The van der Waals surface area contributed by atoms with E-state index in [2.05, 4.69) is 15.0 Å². The van der Waals surface area contributed by atoms with Crippen LogP contribution in [0.1, 0.15) is 37.9 Å². The first-order valence-electron chi connectivity index (χ1n) is 9.47. The molecule has 3 heterocycles. The topological polar surface area (TPSA) is 86.7 Å². The molecule has 0 spiro atoms. The quantitative estimate of drug-likeness (QED) is 0.717. The molecule has 29 heavy (non-hydrogen) atoms. The van der Waals surface area contributed by atoms with Crippen molar-refractivity contribution in [2.24, 2.45) is 0 Å². The Bertz CT molecular complexity index is 826. The molecule has 1 saturated heterocycles. The number of hydrogen-bond donors (Lipinski definition) is 0. The number of ether oxygens (including phenoxy) is 3. The minimum absolute atomic E-state index is 0. The summed E-state index contributed by atoms with van der Waals surface area (Å²) in [6, 6.07) is 3.66. The van der Waals surface area contributed by atoms with Gasteiger partial charge in [0.2, 0.25) is 11.8 Å². The van der Waals surface area contributed by atoms with Crippen LogP contribution in [0.15, 0.2) is 24.7 Å². The lowest BCUT2D eigenvalue weighted by atomic mass is 10.1. The summed E-state index contributed by atoms with van der Waals surface area (Å²) in [5, 5.41) is 0. The van der Waals surface area contributed by atoms with Crippen LogP contribution in [0.5, 0.6) is 17.5 Å². The standard InChI is InChI=1S/C20H26N4O4.ClH/c1-13(2)26-20(25)24-10-7-16(8-11-24)27-18-14(3)19(23-12-22-18)28-17-6-5-9-21-15(17)4;/h5-6,9,12-13,16H,7-8,10-11H2,1-4H3;1H. The Morgan fingerprint density at radius 3 is 2.48 bits per heavy atom. The zero-order chi connectivity index (χ0) is 20.1. The number of amides is 1. The van der Waals surface area contributed by atoms with Crippen molar-refractivity contribution in [2.75, 3.05) is 13.1 Å². The number of halogens is 1. The molecule has 2 aromatic rings. The summed E-state index contributed by atoms with van der Waals surface area (Å²) in [7, 11) is 0. The Morgan fingerprint density at radius 1 is 1.14 bits per heavy atom. The summed E-state index contributed by atoms with van der Waals surface area (Å²) in [5.41, 5.74) is 1.51. The maximum absolute atomic E-state index is 12.0. The SMILES string of the molecule is Cc1ncccc1Oc1ncnc(OC2CCN(C(=O)OC(C)C)CC2)c1C.Cl. The first kappa shape index (κ1) is 22.7. The van der Waals surface area contributed by atoms with Crippen LogP contribution in [0, 0.1) is 13.8 Å². The summed E-state index contributed by atoms with van der Waals surface area (Å²) in [6.45, 7) is 8.63. The van der Waals surface area contributed by atoms with Crippen molar-refractivity contribution < 1.29 is 19.0 Å². The number of likely N-dealkylation sites (tertiary alicyclic amines) is 1. The Hall–Kier alpha value is -2.61. The van der Waals surface area contributed by atoms with Gasteiger partial charge in [0.1, 0.15) is 12.4 Å². The van der Waals surface area contributed by atoms with Gasteiger partial charge in [0.15, 0.2) is 5.75 Å². The van der Waals surface area contributed by atoms with Crippen molar-refractivity contribution >= 4 is 18.5 Å². The van der Waals surface area contributed by atoms with E-state index in [1.54, 1.807) is 11.1 Å². The third kappa shape index (κ3) is 5.93. The molecule has 0 aliphatic carbocycles. The maximum atomic E-state index is 12.0. The van der Waals surface area contributed by atoms with Gasteiger partial charge in [-0.2, -0.15) is 0 Å². The zero-order valence-corrected chi connectivity index (χ0v) is 17.9. The number of aryl methyl sites for hydroxylation is 1. The predicted molar refractivity (Wildman–Crippen MR) is 110 cm³/mol. The van der Waals surface area contributed by atoms with Crippen molar-refractivity contribution in [1.82, 2.24) is 19.9 Å². The number of rotatable bonds is 5. The number of hydrogen-bond acceptors (Lipinski definition) is 7. The van der Waals surface area contributed by atoms with E-state index in [0.29, 0.717) is 43.4 Å². The van der Waals surface area contributed by atoms with E-state index in [1.165, 1.54) is 6.33 Å². The van der Waals surface area contributed by atoms with E-state index in [9.17, 15) is 4.79 Å². The molecule has 0 aromatic carbocycles. The normalized spacial score (nSPS) is 14.3. The molecule has 3 rings (SSSR count). The third-order valence-electron chi connectivity index (χ3n) is 4.47. The second-order valence-electron chi connectivity index (χ2n) is 7.03. The Morgan fingerprint density at radius 2 is 1.83 bits per heavy atom. The molecule has 158 valence electrons. The summed E-state index contributed by atoms with van der Waals surface area (Å²) < 4.78 is 17.2. The number of aromatic nitrogens is 3. The summed E-state index contributed by atoms with van der Waals surface area (Å²) in [6.07, 6.45) is 4.17. The van der Waals surface area contributed by atoms with Crippen molar-refractivity contribution in [3.8, 4) is 17.5 Å². The average molecular weight is 423 g/mol. The number of pyridine rings is 1. The molecule has 2 aromatic heterocycles. The Labute approximate surface area is 177 Å². The van der Waals surface area contributed by atoms with E-state index in [-0.39, 0.29) is 30.7 Å². The van der Waals surface area contributed by atoms with Crippen LogP contribution in [0.2, 0.25) is 0 Å². The molecule has 0 unspecified atom stereocenters. The van der Waals surface area contributed by atoms with E-state index in [4.69, 9.17) is 14.2 Å². The van der Waals surface area contributed by atoms with Gasteiger partial charge in [-0.25, -0.2) is 14.8 Å². The Kier molecular flexibility index (Phi) is 8.01. The zero-order valence-electron chi connectivity index (χ0n) is 17.1. The lowest BCUT2D eigenvalue weighted by Crippen LogP contribution is -2.42. The van der Waals surface area contributed by atoms with Crippen molar-refractivity contribution in [2.45, 2.75) is 52.7 Å². The predicted octanol–water partition coefficient (Wildman–Crippen LogP) is 4.09. The van der Waals surface area contributed by atoms with Gasteiger partial charge in [-0.3, -0.25) is 4.98 Å². The monoisotopic (exact) mass is 422 g/mol. The fourth-order valence-electron chi connectivity index (χ4n) is 2.91. The van der Waals surface area contributed by atoms with Crippen LogP contribution >= 0.6 is 12.4 Å². The van der Waals surface area contributed by atoms with Crippen LogP contribution < -0.4 is 9.47 Å². The van der Waals surface area contributed by atoms with Gasteiger partial charge in [-0.1, -0.05) is 0 Å². The van der Waals surface area contributed by atoms with Crippen LogP contribution in [0.4, 0.5) is 4.79 Å². The molecular formula is C20H27ClN4O4. The highest BCUT2D eigenvalue weighted by Crippen LogP contribution is 2.29. The Balaban J connectivity index is 0.00000300. The van der Waals surface area contributed by atoms with Crippen LogP contribution in [-0.4, -0.2) is 51.2 Å². The highest BCUT2D eigenvalue weighted by Gasteiger charge is 2.26. The molecule has 0 radical (unpaired) electrons. The largest absolute Gasteiger partial charge is 0.474 e. The molecule has 9 heteroatoms. The van der Waals surface area contributed by atoms with Crippen molar-refractivity contribution in [3.05, 3.63) is 35.9 Å². The number of nitrogens with zero attached hydrogens (tertiary/aromatic N) is 4. The van der Waals surface area contributed by atoms with Gasteiger partial charge in [0, 0.05) is 32.1 Å². The summed E-state index contributed by atoms with van der Waals surface area (Å²) in [5.74, 6) is 1.58. The van der Waals surface area contributed by atoms with Crippen LogP contribution in [-0.2, 0) is 4.74 Å². The van der Waals surface area contributed by atoms with Crippen LogP contribution in [0.3, 0.4) is 0 Å². The van der Waals surface area contributed by atoms with Gasteiger partial charge in [-0.15, -0.1) is 12.4 Å². The highest BCUT2D eigenvalue weighted by molar-refractivity contribution is 5.85. The maximum Gasteiger partial charge on any atom is 0.410 e. The minimum Gasteiger partial charge on any atom is -0.474 e. The van der Waals surface area contributed by atoms with Gasteiger partial charge in [-0.05, 0) is 39.8 Å². The lowest BCUT2D eigenvalue weighted by Gasteiger charge is -2.31. The van der Waals surface area contributed by atoms with E-state index < -0.39 is 0 Å². The minimum atomic E-state index is -0.269. The fraction of sp³-hybridized carbons (Fsp3) is 0.500. The summed E-state index contributed by atoms with van der Waals surface area (Å²) >= 11 is 0. The second-order valence-corrected chi connectivity index (χ2v) is 7.03. The molecule has 1 fully saturated rings. The van der Waals surface area contributed by atoms with E-state index >= 15 is 0 Å². The third-order valence-corrected chi connectivity index (χ3v) is 4.47. The summed E-state index contributed by atoms with van der Waals surface area (Å²) in [4.78, 5) is 26.4. The molecule has 1 aliphatic rings. The van der Waals surface area contributed by atoms with E-state index in [1.807, 2.05) is 39.8 Å². The van der Waals surface area contributed by atoms with Gasteiger partial charge in [0.25, 0.3) is 0 Å². The second kappa shape index (κ2) is 10.2. The molecule has 0 saturated carbocycles. The van der Waals surface area contributed by atoms with E-state index in [0.717, 1.165) is 11.3 Å². The molecule has 1 amide bonds. The first-order chi connectivity index (χ1) is 13.4. The number of piperidine rings is 1. The molecule has 0 atom stereocenters. The van der Waals surface area contributed by atoms with Gasteiger partial charge < -0.3 is 19.1 Å². The number of carbonyl (C=O) groups is 1. The molecule has 1 aliphatic heterocycles. The van der Waals surface area contributed by atoms with Crippen molar-refractivity contribution in [3.63, 3.8) is 0 Å². The highest BCUT2D eigenvalue weighted by atomic mass is 35.5. The van der Waals surface area contributed by atoms with Gasteiger partial charge in [0.05, 0.1) is 17.4 Å². The fourth-order valence-corrected chi connectivity index (χ4v) is 2.91. The van der Waals surface area contributed by atoms with Crippen LogP contribution in [0.25, 0.3) is 0 Å². The number of carbonyl (C=O) groups excluding carboxylic acids is 1. The molecular weight excluding hydrogens is 396 g/mol. The lowest BCUT2D eigenvalue weighted by molar-refractivity contribution is 0.0505. The van der Waals surface area contributed by atoms with Gasteiger partial charge >= 0.3 is 6.09 Å². The smallest absolute Gasteiger partial charge is 0.410 e.